The van der Waals surface area contributed by atoms with Gasteiger partial charge < -0.3 is 15.1 Å². The number of alkyl halides is 3. The summed E-state index contributed by atoms with van der Waals surface area (Å²) in [6.45, 7) is 9.31. The first kappa shape index (κ1) is 26.2. The molecule has 7 nitrogen and oxygen atoms in total. The summed E-state index contributed by atoms with van der Waals surface area (Å²) in [7, 11) is 0. The number of hydrogen-bond donors (Lipinski definition) is 1. The number of nitrogens with zero attached hydrogens (tertiary/aromatic N) is 5. The highest BCUT2D eigenvalue weighted by Gasteiger charge is 2.33. The largest absolute Gasteiger partial charge is 0.419 e. The van der Waals surface area contributed by atoms with Crippen molar-refractivity contribution >= 4 is 12.0 Å². The second-order valence-electron chi connectivity index (χ2n) is 9.92. The maximum atomic E-state index is 12.8. The third-order valence-electron chi connectivity index (χ3n) is 7.33. The maximum absolute atomic E-state index is 12.8. The molecule has 2 aromatic rings. The van der Waals surface area contributed by atoms with Gasteiger partial charge in [0.15, 0.2) is 0 Å². The summed E-state index contributed by atoms with van der Waals surface area (Å²) >= 11 is 0. The Bertz CT molecular complexity index is 1010. The number of carbonyl (C=O) groups is 1. The summed E-state index contributed by atoms with van der Waals surface area (Å²) in [6.07, 6.45) is 0.408. The smallest absolute Gasteiger partial charge is 0.338 e. The molecule has 0 aliphatic carbocycles. The summed E-state index contributed by atoms with van der Waals surface area (Å²) in [5, 5.41) is 3.07. The zero-order valence-electron chi connectivity index (χ0n) is 21.0. The third kappa shape index (κ3) is 6.66. The van der Waals surface area contributed by atoms with Crippen molar-refractivity contribution in [3.05, 3.63) is 53.3 Å². The molecule has 2 amide bonds. The van der Waals surface area contributed by atoms with Crippen LogP contribution < -0.4 is 10.2 Å². The van der Waals surface area contributed by atoms with Crippen LogP contribution in [0.1, 0.15) is 42.9 Å². The van der Waals surface area contributed by atoms with E-state index in [0.29, 0.717) is 32.1 Å². The Morgan fingerprint density at radius 3 is 2.42 bits per heavy atom. The molecule has 1 aromatic carbocycles. The van der Waals surface area contributed by atoms with Crippen LogP contribution >= 0.6 is 0 Å². The molecule has 3 heterocycles. The highest BCUT2D eigenvalue weighted by Crippen LogP contribution is 2.28. The predicted octanol–water partition coefficient (Wildman–Crippen LogP) is 4.33. The van der Waals surface area contributed by atoms with Crippen molar-refractivity contribution in [2.75, 3.05) is 44.2 Å². The van der Waals surface area contributed by atoms with Crippen LogP contribution in [-0.4, -0.2) is 71.1 Å². The highest BCUT2D eigenvalue weighted by atomic mass is 19.4. The molecule has 0 unspecified atom stereocenters. The van der Waals surface area contributed by atoms with E-state index in [1.165, 1.54) is 11.1 Å². The lowest BCUT2D eigenvalue weighted by molar-refractivity contribution is -0.138. The zero-order valence-corrected chi connectivity index (χ0v) is 21.0. The van der Waals surface area contributed by atoms with Crippen molar-refractivity contribution < 1.29 is 18.0 Å². The summed E-state index contributed by atoms with van der Waals surface area (Å²) in [5.41, 5.74) is 1.86. The zero-order chi connectivity index (χ0) is 25.7. The third-order valence-corrected chi connectivity index (χ3v) is 7.33. The minimum Gasteiger partial charge on any atom is -0.338 e. The lowest BCUT2D eigenvalue weighted by atomic mass is 9.93. The van der Waals surface area contributed by atoms with E-state index in [-0.39, 0.29) is 18.0 Å². The normalized spacial score (nSPS) is 20.0. The first-order chi connectivity index (χ1) is 17.2. The maximum Gasteiger partial charge on any atom is 0.419 e. The summed E-state index contributed by atoms with van der Waals surface area (Å²) in [5.74, 6) is 0.869. The molecule has 0 bridgehead atoms. The second kappa shape index (κ2) is 11.5. The Kier molecular flexibility index (Phi) is 8.33. The second-order valence-corrected chi connectivity index (χ2v) is 9.92. The van der Waals surface area contributed by atoms with Gasteiger partial charge in [-0.05, 0) is 63.2 Å². The van der Waals surface area contributed by atoms with Gasteiger partial charge in [0.25, 0.3) is 0 Å². The topological polar surface area (TPSA) is 64.6 Å². The van der Waals surface area contributed by atoms with Gasteiger partial charge in [-0.3, -0.25) is 4.90 Å². The molecule has 36 heavy (non-hydrogen) atoms. The molecule has 2 aliphatic heterocycles. The van der Waals surface area contributed by atoms with Gasteiger partial charge in [-0.15, -0.1) is 0 Å². The van der Waals surface area contributed by atoms with E-state index in [1.54, 1.807) is 4.90 Å². The van der Waals surface area contributed by atoms with Crippen LogP contribution in [0.2, 0.25) is 0 Å². The molecule has 196 valence electrons. The number of likely N-dealkylation sites (tertiary alicyclic amines) is 1. The Labute approximate surface area is 210 Å². The standard InChI is InChI=1S/C26H35F3N6O/c1-19-5-3-4-6-22(19)18-33-11-8-21(9-12-33)7-10-30-25(36)35-14-13-34(17-20(35)2)24-31-15-23(16-32-24)26(27,28)29/h3-6,15-16,20-21H,7-14,17-18H2,1-2H3,(H,30,36)/t20-/m1/s1. The molecule has 1 atom stereocenters. The van der Waals surface area contributed by atoms with Crippen LogP contribution in [0.15, 0.2) is 36.7 Å². The Morgan fingerprint density at radius 2 is 1.78 bits per heavy atom. The summed E-state index contributed by atoms with van der Waals surface area (Å²) in [4.78, 5) is 26.6. The predicted molar refractivity (Wildman–Crippen MR) is 133 cm³/mol. The van der Waals surface area contributed by atoms with Crippen LogP contribution in [0.3, 0.4) is 0 Å². The van der Waals surface area contributed by atoms with Crippen molar-refractivity contribution in [3.63, 3.8) is 0 Å². The quantitative estimate of drug-likeness (QED) is 0.635. The van der Waals surface area contributed by atoms with Crippen molar-refractivity contribution in [2.45, 2.75) is 51.9 Å². The number of nitrogens with one attached hydrogen (secondary N) is 1. The molecule has 0 saturated carbocycles. The van der Waals surface area contributed by atoms with E-state index in [4.69, 9.17) is 0 Å². The first-order valence-electron chi connectivity index (χ1n) is 12.7. The average molecular weight is 505 g/mol. The van der Waals surface area contributed by atoms with Crippen LogP contribution in [0.4, 0.5) is 23.9 Å². The Hall–Kier alpha value is -2.88. The molecular formula is C26H35F3N6O. The number of hydrogen-bond acceptors (Lipinski definition) is 5. The number of piperidine rings is 1. The van der Waals surface area contributed by atoms with Crippen molar-refractivity contribution in [2.24, 2.45) is 5.92 Å². The lowest BCUT2D eigenvalue weighted by Crippen LogP contribution is -2.57. The number of amides is 2. The molecule has 0 radical (unpaired) electrons. The number of halogens is 3. The van der Waals surface area contributed by atoms with Gasteiger partial charge in [-0.25, -0.2) is 14.8 Å². The van der Waals surface area contributed by atoms with Gasteiger partial charge >= 0.3 is 12.2 Å². The molecule has 10 heteroatoms. The minimum atomic E-state index is -4.46. The fourth-order valence-corrected chi connectivity index (χ4v) is 5.02. The minimum absolute atomic E-state index is 0.0903. The Balaban J connectivity index is 1.16. The van der Waals surface area contributed by atoms with Crippen molar-refractivity contribution in [1.29, 1.82) is 0 Å². The molecule has 1 N–H and O–H groups in total. The van der Waals surface area contributed by atoms with Crippen molar-refractivity contribution in [3.8, 4) is 0 Å². The first-order valence-corrected chi connectivity index (χ1v) is 12.7. The van der Waals surface area contributed by atoms with E-state index < -0.39 is 11.7 Å². The molecule has 0 spiro atoms. The highest BCUT2D eigenvalue weighted by molar-refractivity contribution is 5.74. The van der Waals surface area contributed by atoms with Gasteiger partial charge in [0.1, 0.15) is 0 Å². The van der Waals surface area contributed by atoms with E-state index in [1.807, 2.05) is 11.8 Å². The number of aromatic nitrogens is 2. The van der Waals surface area contributed by atoms with Gasteiger partial charge in [-0.2, -0.15) is 13.2 Å². The number of piperazine rings is 1. The summed E-state index contributed by atoms with van der Waals surface area (Å²) < 4.78 is 38.2. The SMILES string of the molecule is Cc1ccccc1CN1CCC(CCNC(=O)N2CCN(c3ncc(C(F)(F)F)cn3)C[C@H]2C)CC1. The molecule has 1 aromatic heterocycles. The average Bonchev–Trinajstić information content (AvgIpc) is 2.86. The van der Waals surface area contributed by atoms with Gasteiger partial charge in [-0.1, -0.05) is 24.3 Å². The van der Waals surface area contributed by atoms with Gasteiger partial charge in [0.05, 0.1) is 5.56 Å². The lowest BCUT2D eigenvalue weighted by Gasteiger charge is -2.39. The van der Waals surface area contributed by atoms with Gasteiger partial charge in [0.2, 0.25) is 5.95 Å². The fourth-order valence-electron chi connectivity index (χ4n) is 5.02. The van der Waals surface area contributed by atoms with Crippen LogP contribution in [-0.2, 0) is 12.7 Å². The number of rotatable bonds is 6. The van der Waals surface area contributed by atoms with E-state index in [2.05, 4.69) is 51.4 Å². The van der Waals surface area contributed by atoms with Crippen LogP contribution in [0, 0.1) is 12.8 Å². The van der Waals surface area contributed by atoms with Crippen molar-refractivity contribution in [1.82, 2.24) is 25.1 Å². The number of aryl methyl sites for hydroxylation is 1. The number of urea groups is 1. The van der Waals surface area contributed by atoms with E-state index in [0.717, 1.165) is 51.3 Å². The number of benzene rings is 1. The van der Waals surface area contributed by atoms with E-state index >= 15 is 0 Å². The van der Waals surface area contributed by atoms with Crippen LogP contribution in [0.5, 0.6) is 0 Å². The van der Waals surface area contributed by atoms with E-state index in [9.17, 15) is 18.0 Å². The molecular weight excluding hydrogens is 469 g/mol. The number of carbonyl (C=O) groups excluding carboxylic acids is 1. The molecule has 2 aliphatic rings. The molecule has 2 saturated heterocycles. The fraction of sp³-hybridized carbons (Fsp3) is 0.577. The monoisotopic (exact) mass is 504 g/mol. The summed E-state index contributed by atoms with van der Waals surface area (Å²) in [6, 6.07) is 8.35. The van der Waals surface area contributed by atoms with Crippen LogP contribution in [0.25, 0.3) is 0 Å². The molecule has 4 rings (SSSR count). The van der Waals surface area contributed by atoms with Gasteiger partial charge in [0, 0.05) is 51.2 Å². The molecule has 2 fully saturated rings. The number of anilines is 1. The Morgan fingerprint density at radius 1 is 1.08 bits per heavy atom.